The van der Waals surface area contributed by atoms with Gasteiger partial charge in [0.15, 0.2) is 11.5 Å². The van der Waals surface area contributed by atoms with Crippen LogP contribution in [0.2, 0.25) is 0 Å². The first-order valence-electron chi connectivity index (χ1n) is 8.83. The van der Waals surface area contributed by atoms with Crippen molar-refractivity contribution in [3.05, 3.63) is 24.8 Å². The van der Waals surface area contributed by atoms with Crippen molar-refractivity contribution in [2.45, 2.75) is 40.0 Å². The second kappa shape index (κ2) is 8.87. The van der Waals surface area contributed by atoms with E-state index in [9.17, 15) is 0 Å². The smallest absolute Gasteiger partial charge is 0.180 e. The van der Waals surface area contributed by atoms with Gasteiger partial charge in [0, 0.05) is 44.4 Å². The summed E-state index contributed by atoms with van der Waals surface area (Å²) in [4.78, 5) is 13.9. The quantitative estimate of drug-likeness (QED) is 0.673. The normalized spacial score (nSPS) is 11.7. The van der Waals surface area contributed by atoms with Crippen molar-refractivity contribution in [1.82, 2.24) is 19.3 Å². The van der Waals surface area contributed by atoms with Crippen molar-refractivity contribution in [2.24, 2.45) is 5.92 Å². The Kier molecular flexibility index (Phi) is 6.84. The predicted octanol–water partition coefficient (Wildman–Crippen LogP) is 3.31. The van der Waals surface area contributed by atoms with E-state index in [4.69, 9.17) is 0 Å². The topological polar surface area (TPSA) is 36.7 Å². The average molecular weight is 317 g/mol. The van der Waals surface area contributed by atoms with Crippen LogP contribution in [0.4, 0.5) is 5.82 Å². The van der Waals surface area contributed by atoms with Gasteiger partial charge < -0.3 is 14.2 Å². The lowest BCUT2D eigenvalue weighted by molar-refractivity contribution is 0.293. The van der Waals surface area contributed by atoms with E-state index in [2.05, 4.69) is 47.6 Å². The number of hydrogen-bond donors (Lipinski definition) is 0. The first-order valence-corrected chi connectivity index (χ1v) is 8.83. The van der Waals surface area contributed by atoms with Crippen molar-refractivity contribution in [1.29, 1.82) is 0 Å². The molecule has 0 aliphatic heterocycles. The number of anilines is 1. The molecule has 5 heteroatoms. The molecule has 0 aliphatic rings. The Morgan fingerprint density at radius 1 is 1.04 bits per heavy atom. The molecule has 23 heavy (non-hydrogen) atoms. The second-order valence-corrected chi connectivity index (χ2v) is 6.76. The molecule has 0 saturated carbocycles. The molecule has 0 amide bonds. The molecular formula is C18H31N5. The summed E-state index contributed by atoms with van der Waals surface area (Å²) in [5, 5.41) is 0. The van der Waals surface area contributed by atoms with Gasteiger partial charge in [-0.15, -0.1) is 0 Å². The van der Waals surface area contributed by atoms with Crippen LogP contribution >= 0.6 is 0 Å². The Hall–Kier alpha value is -1.62. The zero-order valence-corrected chi connectivity index (χ0v) is 15.1. The van der Waals surface area contributed by atoms with E-state index in [0.717, 1.165) is 50.0 Å². The maximum Gasteiger partial charge on any atom is 0.180 e. The number of imidazole rings is 1. The second-order valence-electron chi connectivity index (χ2n) is 6.76. The fourth-order valence-corrected chi connectivity index (χ4v) is 2.98. The highest BCUT2D eigenvalue weighted by Gasteiger charge is 2.13. The van der Waals surface area contributed by atoms with E-state index in [0.29, 0.717) is 0 Å². The highest BCUT2D eigenvalue weighted by atomic mass is 15.2. The molecule has 2 aromatic heterocycles. The van der Waals surface area contributed by atoms with Crippen LogP contribution < -0.4 is 4.90 Å². The predicted molar refractivity (Wildman–Crippen MR) is 97.1 cm³/mol. The summed E-state index contributed by atoms with van der Waals surface area (Å²) in [5.41, 5.74) is 0.958. The lowest BCUT2D eigenvalue weighted by Crippen LogP contribution is -2.31. The third kappa shape index (κ3) is 5.20. The van der Waals surface area contributed by atoms with Crippen LogP contribution in [0.15, 0.2) is 24.8 Å². The Labute approximate surface area is 140 Å². The minimum absolute atomic E-state index is 0.719. The van der Waals surface area contributed by atoms with Crippen LogP contribution in [0.5, 0.6) is 0 Å². The maximum atomic E-state index is 4.61. The lowest BCUT2D eigenvalue weighted by atomic mass is 10.2. The summed E-state index contributed by atoms with van der Waals surface area (Å²) in [6, 6.07) is 0. The van der Waals surface area contributed by atoms with Crippen LogP contribution in [0.3, 0.4) is 0 Å². The first kappa shape index (κ1) is 17.7. The van der Waals surface area contributed by atoms with Gasteiger partial charge in [-0.05, 0) is 32.4 Å². The Morgan fingerprint density at radius 2 is 1.74 bits per heavy atom. The molecular weight excluding hydrogens is 286 g/mol. The van der Waals surface area contributed by atoms with Crippen LogP contribution in [0.25, 0.3) is 5.65 Å². The van der Waals surface area contributed by atoms with Gasteiger partial charge in [-0.1, -0.05) is 27.2 Å². The highest BCUT2D eigenvalue weighted by Crippen LogP contribution is 2.18. The van der Waals surface area contributed by atoms with Gasteiger partial charge in [0.2, 0.25) is 0 Å². The molecule has 0 radical (unpaired) electrons. The van der Waals surface area contributed by atoms with Crippen molar-refractivity contribution >= 4 is 11.5 Å². The molecule has 0 N–H and O–H groups in total. The molecule has 0 spiro atoms. The third-order valence-corrected chi connectivity index (χ3v) is 4.02. The lowest BCUT2D eigenvalue weighted by Gasteiger charge is -2.25. The van der Waals surface area contributed by atoms with Crippen molar-refractivity contribution in [2.75, 3.05) is 38.1 Å². The molecule has 2 heterocycles. The molecule has 0 aliphatic carbocycles. The van der Waals surface area contributed by atoms with Crippen molar-refractivity contribution < 1.29 is 0 Å². The van der Waals surface area contributed by atoms with Crippen LogP contribution in [0.1, 0.15) is 40.0 Å². The molecule has 0 atom stereocenters. The fraction of sp³-hybridized carbons (Fsp3) is 0.667. The zero-order valence-electron chi connectivity index (χ0n) is 15.1. The molecule has 0 fully saturated rings. The van der Waals surface area contributed by atoms with Crippen molar-refractivity contribution in [3.8, 4) is 0 Å². The van der Waals surface area contributed by atoms with Gasteiger partial charge in [-0.25, -0.2) is 9.97 Å². The Balaban J connectivity index is 2.01. The van der Waals surface area contributed by atoms with E-state index < -0.39 is 0 Å². The molecule has 128 valence electrons. The maximum absolute atomic E-state index is 4.61. The summed E-state index contributed by atoms with van der Waals surface area (Å²) in [7, 11) is 2.21. The van der Waals surface area contributed by atoms with E-state index in [1.807, 2.05) is 29.2 Å². The van der Waals surface area contributed by atoms with Crippen LogP contribution in [-0.4, -0.2) is 52.5 Å². The summed E-state index contributed by atoms with van der Waals surface area (Å²) in [6.45, 7) is 11.1. The fourth-order valence-electron chi connectivity index (χ4n) is 2.98. The number of hydrogen-bond acceptors (Lipinski definition) is 4. The minimum atomic E-state index is 0.719. The van der Waals surface area contributed by atoms with E-state index in [1.54, 1.807) is 0 Å². The molecule has 0 unspecified atom stereocenters. The van der Waals surface area contributed by atoms with E-state index >= 15 is 0 Å². The Morgan fingerprint density at radius 3 is 2.43 bits per heavy atom. The van der Waals surface area contributed by atoms with Gasteiger partial charge in [0.1, 0.15) is 0 Å². The van der Waals surface area contributed by atoms with E-state index in [1.165, 1.54) is 12.8 Å². The van der Waals surface area contributed by atoms with Gasteiger partial charge in [-0.2, -0.15) is 0 Å². The molecule has 0 saturated heterocycles. The van der Waals surface area contributed by atoms with Crippen molar-refractivity contribution in [3.63, 3.8) is 0 Å². The van der Waals surface area contributed by atoms with Gasteiger partial charge in [0.25, 0.3) is 0 Å². The van der Waals surface area contributed by atoms with Gasteiger partial charge >= 0.3 is 0 Å². The van der Waals surface area contributed by atoms with Crippen LogP contribution in [0, 0.1) is 5.92 Å². The highest BCUT2D eigenvalue weighted by molar-refractivity contribution is 5.63. The molecule has 5 nitrogen and oxygen atoms in total. The molecule has 2 aromatic rings. The summed E-state index contributed by atoms with van der Waals surface area (Å²) in [5.74, 6) is 1.73. The molecule has 0 bridgehead atoms. The van der Waals surface area contributed by atoms with E-state index in [-0.39, 0.29) is 0 Å². The first-order chi connectivity index (χ1) is 11.1. The monoisotopic (exact) mass is 317 g/mol. The Bertz CT molecular complexity index is 578. The standard InChI is InChI=1S/C18H31N5/c1-5-6-11-22(12-7-10-21(4)15-16(2)3)17-18-20-9-14-23(18)13-8-19-17/h8-9,13-14,16H,5-7,10-12,15H2,1-4H3. The number of nitrogens with zero attached hydrogens (tertiary/aromatic N) is 5. The minimum Gasteiger partial charge on any atom is -0.353 e. The van der Waals surface area contributed by atoms with Gasteiger partial charge in [-0.3, -0.25) is 0 Å². The largest absolute Gasteiger partial charge is 0.353 e. The molecule has 0 aromatic carbocycles. The number of fused-ring (bicyclic) bond motifs is 1. The van der Waals surface area contributed by atoms with Crippen LogP contribution in [-0.2, 0) is 0 Å². The zero-order chi connectivity index (χ0) is 16.7. The summed E-state index contributed by atoms with van der Waals surface area (Å²) < 4.78 is 2.05. The summed E-state index contributed by atoms with van der Waals surface area (Å²) in [6.07, 6.45) is 11.2. The number of unbranched alkanes of at least 4 members (excludes halogenated alkanes) is 1. The third-order valence-electron chi connectivity index (χ3n) is 4.02. The average Bonchev–Trinajstić information content (AvgIpc) is 2.98. The number of aromatic nitrogens is 3. The number of rotatable bonds is 10. The molecule has 2 rings (SSSR count). The SMILES string of the molecule is CCCCN(CCCN(C)CC(C)C)c1nccn2ccnc12. The van der Waals surface area contributed by atoms with Gasteiger partial charge in [0.05, 0.1) is 0 Å². The summed E-state index contributed by atoms with van der Waals surface area (Å²) >= 11 is 0.